The quantitative estimate of drug-likeness (QED) is 0.694. The van der Waals surface area contributed by atoms with E-state index in [9.17, 15) is 14.3 Å². The van der Waals surface area contributed by atoms with Crippen molar-refractivity contribution in [2.75, 3.05) is 0 Å². The minimum Gasteiger partial charge on any atom is -0.505 e. The highest BCUT2D eigenvalue weighted by atomic mass is 35.5. The van der Waals surface area contributed by atoms with E-state index in [-0.39, 0.29) is 27.6 Å². The lowest BCUT2D eigenvalue weighted by molar-refractivity contribution is 0.460. The molecular formula is C20H16ClFN2O2. The van der Waals surface area contributed by atoms with E-state index < -0.39 is 11.4 Å². The van der Waals surface area contributed by atoms with Gasteiger partial charge in [-0.2, -0.15) is 5.10 Å². The van der Waals surface area contributed by atoms with Gasteiger partial charge >= 0.3 is 0 Å². The van der Waals surface area contributed by atoms with E-state index in [4.69, 9.17) is 11.6 Å². The summed E-state index contributed by atoms with van der Waals surface area (Å²) in [6.07, 6.45) is 3.39. The van der Waals surface area contributed by atoms with Crippen LogP contribution in [0.2, 0.25) is 5.02 Å². The molecule has 0 saturated carbocycles. The van der Waals surface area contributed by atoms with Crippen molar-refractivity contribution in [3.63, 3.8) is 0 Å². The maximum absolute atomic E-state index is 14.7. The Bertz CT molecular complexity index is 1060. The molecule has 3 rings (SSSR count). The standard InChI is InChI=1S/C20H16ClFN2O2/c1-12-19(25)18(20(26)24(2)23-12)17-14(15(21)10-11-16(17)22)9-8-13-6-4-3-5-7-13/h3-11,25H,1-2H3/b9-8+. The van der Waals surface area contributed by atoms with E-state index in [0.717, 1.165) is 10.2 Å². The third-order valence-corrected chi connectivity index (χ3v) is 4.35. The van der Waals surface area contributed by atoms with Gasteiger partial charge in [-0.25, -0.2) is 9.07 Å². The van der Waals surface area contributed by atoms with Crippen LogP contribution in [0.4, 0.5) is 4.39 Å². The normalized spacial score (nSPS) is 11.2. The Hall–Kier alpha value is -2.92. The number of hydrogen-bond acceptors (Lipinski definition) is 3. The van der Waals surface area contributed by atoms with Gasteiger partial charge in [0.15, 0.2) is 5.75 Å². The zero-order valence-electron chi connectivity index (χ0n) is 14.2. The Morgan fingerprint density at radius 3 is 2.50 bits per heavy atom. The summed E-state index contributed by atoms with van der Waals surface area (Å²) in [6, 6.07) is 12.0. The molecular weight excluding hydrogens is 355 g/mol. The number of aromatic nitrogens is 2. The summed E-state index contributed by atoms with van der Waals surface area (Å²) in [6.45, 7) is 1.54. The summed E-state index contributed by atoms with van der Waals surface area (Å²) in [4.78, 5) is 12.5. The van der Waals surface area contributed by atoms with Crippen molar-refractivity contribution in [2.24, 2.45) is 7.05 Å². The van der Waals surface area contributed by atoms with Gasteiger partial charge in [0, 0.05) is 23.2 Å². The van der Waals surface area contributed by atoms with E-state index in [1.54, 1.807) is 19.1 Å². The monoisotopic (exact) mass is 370 g/mol. The van der Waals surface area contributed by atoms with Crippen molar-refractivity contribution in [3.8, 4) is 16.9 Å². The highest BCUT2D eigenvalue weighted by Crippen LogP contribution is 2.36. The average Bonchev–Trinajstić information content (AvgIpc) is 2.63. The highest BCUT2D eigenvalue weighted by molar-refractivity contribution is 6.32. The van der Waals surface area contributed by atoms with Crippen LogP contribution < -0.4 is 5.56 Å². The largest absolute Gasteiger partial charge is 0.505 e. The molecule has 1 aromatic heterocycles. The van der Waals surface area contributed by atoms with Gasteiger partial charge in [-0.3, -0.25) is 4.79 Å². The first-order valence-corrected chi connectivity index (χ1v) is 8.26. The summed E-state index contributed by atoms with van der Waals surface area (Å²) >= 11 is 6.28. The highest BCUT2D eigenvalue weighted by Gasteiger charge is 2.22. The molecule has 1 N–H and O–H groups in total. The first-order valence-electron chi connectivity index (χ1n) is 7.88. The number of halogens is 2. The number of aryl methyl sites for hydroxylation is 2. The summed E-state index contributed by atoms with van der Waals surface area (Å²) in [5.74, 6) is -1.01. The van der Waals surface area contributed by atoms with Gasteiger partial charge in [0.05, 0.1) is 5.56 Å². The smallest absolute Gasteiger partial charge is 0.278 e. The summed E-state index contributed by atoms with van der Waals surface area (Å²) in [5.41, 5.74) is 0.611. The van der Waals surface area contributed by atoms with Crippen LogP contribution in [0.15, 0.2) is 47.3 Å². The molecule has 0 radical (unpaired) electrons. The fourth-order valence-corrected chi connectivity index (χ4v) is 2.94. The predicted octanol–water partition coefficient (Wildman–Crippen LogP) is 4.42. The van der Waals surface area contributed by atoms with Gasteiger partial charge in [0.25, 0.3) is 5.56 Å². The Kier molecular flexibility index (Phi) is 4.91. The number of aromatic hydroxyl groups is 1. The number of rotatable bonds is 3. The van der Waals surface area contributed by atoms with Gasteiger partial charge in [0.1, 0.15) is 11.5 Å². The lowest BCUT2D eigenvalue weighted by Gasteiger charge is -2.13. The Morgan fingerprint density at radius 1 is 1.12 bits per heavy atom. The molecule has 0 aliphatic rings. The maximum Gasteiger partial charge on any atom is 0.278 e. The second-order valence-corrected chi connectivity index (χ2v) is 6.21. The Labute approximate surface area is 154 Å². The van der Waals surface area contributed by atoms with Crippen LogP contribution in [0.3, 0.4) is 0 Å². The molecule has 0 bridgehead atoms. The lowest BCUT2D eigenvalue weighted by Crippen LogP contribution is -2.23. The molecule has 0 atom stereocenters. The van der Waals surface area contributed by atoms with Crippen molar-refractivity contribution in [1.82, 2.24) is 9.78 Å². The average molecular weight is 371 g/mol. The van der Waals surface area contributed by atoms with Crippen LogP contribution in [0.5, 0.6) is 5.75 Å². The fraction of sp³-hybridized carbons (Fsp3) is 0.100. The van der Waals surface area contributed by atoms with Gasteiger partial charge in [-0.05, 0) is 24.6 Å². The molecule has 1 heterocycles. The number of hydrogen-bond donors (Lipinski definition) is 1. The molecule has 26 heavy (non-hydrogen) atoms. The zero-order chi connectivity index (χ0) is 18.8. The summed E-state index contributed by atoms with van der Waals surface area (Å²) in [7, 11) is 1.44. The third kappa shape index (κ3) is 3.26. The molecule has 4 nitrogen and oxygen atoms in total. The molecule has 3 aromatic rings. The molecule has 132 valence electrons. The van der Waals surface area contributed by atoms with E-state index in [1.165, 1.54) is 19.2 Å². The van der Waals surface area contributed by atoms with Crippen LogP contribution in [-0.4, -0.2) is 14.9 Å². The predicted molar refractivity (Wildman–Crippen MR) is 102 cm³/mol. The van der Waals surface area contributed by atoms with Crippen molar-refractivity contribution in [1.29, 1.82) is 0 Å². The van der Waals surface area contributed by atoms with Crippen LogP contribution in [0, 0.1) is 12.7 Å². The molecule has 0 unspecified atom stereocenters. The molecule has 0 spiro atoms. The summed E-state index contributed by atoms with van der Waals surface area (Å²) in [5, 5.41) is 14.6. The van der Waals surface area contributed by atoms with Gasteiger partial charge in [-0.15, -0.1) is 0 Å². The van der Waals surface area contributed by atoms with E-state index >= 15 is 0 Å². The first kappa shape index (κ1) is 17.9. The first-order chi connectivity index (χ1) is 12.4. The minimum absolute atomic E-state index is 0.0479. The molecule has 6 heteroatoms. The van der Waals surface area contributed by atoms with Crippen molar-refractivity contribution in [2.45, 2.75) is 6.92 Å². The van der Waals surface area contributed by atoms with Crippen LogP contribution in [0.1, 0.15) is 16.8 Å². The van der Waals surface area contributed by atoms with E-state index in [2.05, 4.69) is 5.10 Å². The number of benzene rings is 2. The Morgan fingerprint density at radius 2 is 1.81 bits per heavy atom. The summed E-state index contributed by atoms with van der Waals surface area (Å²) < 4.78 is 15.8. The second-order valence-electron chi connectivity index (χ2n) is 5.80. The molecule has 0 saturated heterocycles. The molecule has 0 aliphatic carbocycles. The van der Waals surface area contributed by atoms with E-state index in [0.29, 0.717) is 5.56 Å². The fourth-order valence-electron chi connectivity index (χ4n) is 2.72. The Balaban J connectivity index is 2.29. The van der Waals surface area contributed by atoms with Crippen molar-refractivity contribution in [3.05, 3.63) is 80.5 Å². The van der Waals surface area contributed by atoms with Gasteiger partial charge in [0.2, 0.25) is 0 Å². The van der Waals surface area contributed by atoms with E-state index in [1.807, 2.05) is 30.3 Å². The SMILES string of the molecule is Cc1nn(C)c(=O)c(-c2c(F)ccc(Cl)c2/C=C/c2ccccc2)c1O. The molecule has 0 aliphatic heterocycles. The molecule has 0 amide bonds. The second kappa shape index (κ2) is 7.14. The van der Waals surface area contributed by atoms with Gasteiger partial charge in [-0.1, -0.05) is 54.1 Å². The third-order valence-electron chi connectivity index (χ3n) is 4.02. The number of nitrogens with zero attached hydrogens (tertiary/aromatic N) is 2. The van der Waals surface area contributed by atoms with Crippen molar-refractivity contribution >= 4 is 23.8 Å². The van der Waals surface area contributed by atoms with Crippen LogP contribution in [0.25, 0.3) is 23.3 Å². The molecule has 2 aromatic carbocycles. The van der Waals surface area contributed by atoms with Crippen molar-refractivity contribution < 1.29 is 9.50 Å². The van der Waals surface area contributed by atoms with Gasteiger partial charge < -0.3 is 5.11 Å². The van der Waals surface area contributed by atoms with Crippen LogP contribution >= 0.6 is 11.6 Å². The lowest BCUT2D eigenvalue weighted by atomic mass is 9.98. The molecule has 0 fully saturated rings. The van der Waals surface area contributed by atoms with Crippen LogP contribution in [-0.2, 0) is 7.05 Å². The maximum atomic E-state index is 14.7. The topological polar surface area (TPSA) is 55.1 Å². The minimum atomic E-state index is -0.653. The zero-order valence-corrected chi connectivity index (χ0v) is 15.0.